The first kappa shape index (κ1) is 17.3. The number of aromatic nitrogens is 2. The number of para-hydroxylation sites is 1. The number of nitrogens with one attached hydrogen (secondary N) is 1. The van der Waals surface area contributed by atoms with Crippen molar-refractivity contribution in [2.45, 2.75) is 13.0 Å². The second-order valence-electron chi connectivity index (χ2n) is 5.06. The van der Waals surface area contributed by atoms with E-state index in [1.165, 1.54) is 0 Å². The Balaban J connectivity index is 1.54. The topological polar surface area (TPSA) is 77.2 Å². The van der Waals surface area contributed by atoms with Crippen LogP contribution in [0.3, 0.4) is 0 Å². The van der Waals surface area contributed by atoms with E-state index >= 15 is 0 Å². The summed E-state index contributed by atoms with van der Waals surface area (Å²) in [6.45, 7) is 0.0828. The monoisotopic (exact) mass is 377 g/mol. The van der Waals surface area contributed by atoms with E-state index in [-0.39, 0.29) is 30.7 Å². The van der Waals surface area contributed by atoms with Gasteiger partial charge in [-0.15, -0.1) is 0 Å². The number of carbonyl (C=O) groups excluding carboxylic acids is 1. The number of halogens is 2. The molecule has 3 aromatic rings. The highest BCUT2D eigenvalue weighted by molar-refractivity contribution is 6.33. The minimum atomic E-state index is -0.295. The highest BCUT2D eigenvalue weighted by Gasteiger charge is 2.12. The fraction of sp³-hybridized carbons (Fsp3) is 0.118. The van der Waals surface area contributed by atoms with Gasteiger partial charge < -0.3 is 14.6 Å². The normalized spacial score (nSPS) is 10.5. The van der Waals surface area contributed by atoms with Crippen LogP contribution >= 0.6 is 23.2 Å². The summed E-state index contributed by atoms with van der Waals surface area (Å²) in [7, 11) is 0. The van der Waals surface area contributed by atoms with Crippen molar-refractivity contribution in [2.75, 3.05) is 5.32 Å². The van der Waals surface area contributed by atoms with Crippen LogP contribution in [0.15, 0.2) is 53.1 Å². The van der Waals surface area contributed by atoms with Crippen molar-refractivity contribution < 1.29 is 14.1 Å². The molecule has 1 heterocycles. The summed E-state index contributed by atoms with van der Waals surface area (Å²) in [5, 5.41) is 7.48. The van der Waals surface area contributed by atoms with Crippen molar-refractivity contribution in [3.05, 3.63) is 70.3 Å². The van der Waals surface area contributed by atoms with Gasteiger partial charge in [-0.3, -0.25) is 4.79 Å². The highest BCUT2D eigenvalue weighted by Crippen LogP contribution is 2.20. The van der Waals surface area contributed by atoms with E-state index < -0.39 is 0 Å². The summed E-state index contributed by atoms with van der Waals surface area (Å²) in [5.41, 5.74) is 0.530. The number of hydrogen-bond acceptors (Lipinski definition) is 5. The lowest BCUT2D eigenvalue weighted by Crippen LogP contribution is -2.15. The van der Waals surface area contributed by atoms with Crippen LogP contribution in [0.25, 0.3) is 0 Å². The van der Waals surface area contributed by atoms with E-state index in [0.717, 1.165) is 0 Å². The molecule has 128 valence electrons. The average molecular weight is 378 g/mol. The van der Waals surface area contributed by atoms with Crippen molar-refractivity contribution in [1.29, 1.82) is 0 Å². The molecule has 6 nitrogen and oxygen atoms in total. The smallest absolute Gasteiger partial charge is 0.264 e. The lowest BCUT2D eigenvalue weighted by molar-refractivity contribution is -0.115. The van der Waals surface area contributed by atoms with Gasteiger partial charge in [0.25, 0.3) is 5.89 Å². The molecule has 0 fully saturated rings. The Morgan fingerprint density at radius 2 is 2.00 bits per heavy atom. The molecule has 0 aliphatic carbocycles. The summed E-state index contributed by atoms with van der Waals surface area (Å²) in [6, 6.07) is 13.9. The fourth-order valence-electron chi connectivity index (χ4n) is 2.02. The number of anilines is 1. The first-order valence-corrected chi connectivity index (χ1v) is 8.10. The Morgan fingerprint density at radius 3 is 2.80 bits per heavy atom. The van der Waals surface area contributed by atoms with E-state index in [0.29, 0.717) is 21.5 Å². The van der Waals surface area contributed by atoms with E-state index in [1.807, 2.05) is 0 Å². The van der Waals surface area contributed by atoms with Crippen LogP contribution in [0.5, 0.6) is 5.75 Å². The van der Waals surface area contributed by atoms with Gasteiger partial charge in [-0.25, -0.2) is 0 Å². The summed E-state index contributed by atoms with van der Waals surface area (Å²) >= 11 is 11.9. The van der Waals surface area contributed by atoms with E-state index in [9.17, 15) is 4.79 Å². The van der Waals surface area contributed by atoms with Gasteiger partial charge in [0.15, 0.2) is 12.4 Å². The first-order chi connectivity index (χ1) is 12.1. The summed E-state index contributed by atoms with van der Waals surface area (Å²) in [6.07, 6.45) is -0.0358. The number of rotatable bonds is 6. The van der Waals surface area contributed by atoms with Crippen LogP contribution in [-0.4, -0.2) is 16.0 Å². The maximum atomic E-state index is 12.0. The molecule has 0 saturated carbocycles. The first-order valence-electron chi connectivity index (χ1n) is 7.34. The van der Waals surface area contributed by atoms with Crippen molar-refractivity contribution in [3.8, 4) is 5.75 Å². The molecule has 8 heteroatoms. The summed E-state index contributed by atoms with van der Waals surface area (Å²) < 4.78 is 10.6. The lowest BCUT2D eigenvalue weighted by atomic mass is 10.3. The molecule has 2 aromatic carbocycles. The molecule has 0 atom stereocenters. The minimum absolute atomic E-state index is 0.0358. The number of carbonyl (C=O) groups is 1. The van der Waals surface area contributed by atoms with Gasteiger partial charge >= 0.3 is 0 Å². The zero-order chi connectivity index (χ0) is 17.6. The minimum Gasteiger partial charge on any atom is -0.484 e. The van der Waals surface area contributed by atoms with Crippen LogP contribution in [0.1, 0.15) is 11.7 Å². The van der Waals surface area contributed by atoms with Crippen LogP contribution in [0.4, 0.5) is 5.69 Å². The molecule has 1 amide bonds. The predicted molar refractivity (Wildman–Crippen MR) is 93.9 cm³/mol. The molecule has 0 radical (unpaired) electrons. The molecule has 0 unspecified atom stereocenters. The molecule has 0 spiro atoms. The number of benzene rings is 2. The van der Waals surface area contributed by atoms with E-state index in [1.54, 1.807) is 48.5 Å². The Kier molecular flexibility index (Phi) is 5.53. The third-order valence-electron chi connectivity index (χ3n) is 3.14. The molecular formula is C17H13Cl2N3O3. The van der Waals surface area contributed by atoms with Gasteiger partial charge in [-0.1, -0.05) is 46.6 Å². The van der Waals surface area contributed by atoms with Gasteiger partial charge in [0.1, 0.15) is 5.75 Å². The Bertz CT molecular complexity index is 883. The maximum Gasteiger partial charge on any atom is 0.264 e. The molecule has 0 bridgehead atoms. The lowest BCUT2D eigenvalue weighted by Gasteiger charge is -2.05. The van der Waals surface area contributed by atoms with Gasteiger partial charge in [0, 0.05) is 5.02 Å². The van der Waals surface area contributed by atoms with Gasteiger partial charge in [-0.05, 0) is 30.3 Å². The van der Waals surface area contributed by atoms with Crippen LogP contribution < -0.4 is 10.1 Å². The number of ether oxygens (including phenoxy) is 1. The molecule has 0 aliphatic rings. The van der Waals surface area contributed by atoms with Crippen molar-refractivity contribution in [3.63, 3.8) is 0 Å². The Labute approximate surface area is 153 Å². The predicted octanol–water partition coefficient (Wildman–Crippen LogP) is 4.14. The number of hydrogen-bond donors (Lipinski definition) is 1. The Morgan fingerprint density at radius 1 is 1.16 bits per heavy atom. The quantitative estimate of drug-likeness (QED) is 0.698. The molecule has 3 rings (SSSR count). The summed E-state index contributed by atoms with van der Waals surface area (Å²) in [4.78, 5) is 16.1. The summed E-state index contributed by atoms with van der Waals surface area (Å²) in [5.74, 6) is 0.815. The highest BCUT2D eigenvalue weighted by atomic mass is 35.5. The average Bonchev–Trinajstić information content (AvgIpc) is 3.02. The second-order valence-corrected chi connectivity index (χ2v) is 5.90. The number of nitrogens with zero attached hydrogens (tertiary/aromatic N) is 2. The number of amides is 1. The molecule has 1 N–H and O–H groups in total. The zero-order valence-electron chi connectivity index (χ0n) is 12.9. The van der Waals surface area contributed by atoms with Crippen LogP contribution in [0, 0.1) is 0 Å². The molecule has 0 saturated heterocycles. The van der Waals surface area contributed by atoms with Gasteiger partial charge in [0.05, 0.1) is 17.1 Å². The third kappa shape index (κ3) is 4.95. The standard InChI is InChI=1S/C17H13Cl2N3O3/c18-11-4-3-5-12(8-11)24-10-17-21-15(22-25-17)9-16(23)20-14-7-2-1-6-13(14)19/h1-8H,9-10H2,(H,20,23). The fourth-order valence-corrected chi connectivity index (χ4v) is 2.39. The van der Waals surface area contributed by atoms with E-state index in [4.69, 9.17) is 32.5 Å². The molecule has 0 aliphatic heterocycles. The van der Waals surface area contributed by atoms with Crippen molar-refractivity contribution in [1.82, 2.24) is 10.1 Å². The SMILES string of the molecule is O=C(Cc1noc(COc2cccc(Cl)c2)n1)Nc1ccccc1Cl. The van der Waals surface area contributed by atoms with Crippen LogP contribution in [0.2, 0.25) is 10.0 Å². The third-order valence-corrected chi connectivity index (χ3v) is 3.70. The van der Waals surface area contributed by atoms with Crippen molar-refractivity contribution in [2.24, 2.45) is 0 Å². The molecular weight excluding hydrogens is 365 g/mol. The molecule has 25 heavy (non-hydrogen) atoms. The van der Waals surface area contributed by atoms with Gasteiger partial charge in [0.2, 0.25) is 5.91 Å². The Hall–Kier alpha value is -2.57. The van der Waals surface area contributed by atoms with E-state index in [2.05, 4.69) is 15.5 Å². The van der Waals surface area contributed by atoms with Crippen LogP contribution in [-0.2, 0) is 17.8 Å². The second kappa shape index (κ2) is 8.00. The molecule has 1 aromatic heterocycles. The maximum absolute atomic E-state index is 12.0. The van der Waals surface area contributed by atoms with Gasteiger partial charge in [-0.2, -0.15) is 4.98 Å². The zero-order valence-corrected chi connectivity index (χ0v) is 14.4. The van der Waals surface area contributed by atoms with Crippen molar-refractivity contribution >= 4 is 34.8 Å². The largest absolute Gasteiger partial charge is 0.484 e.